The third-order valence-electron chi connectivity index (χ3n) is 5.67. The first-order valence-electron chi connectivity index (χ1n) is 9.87. The summed E-state index contributed by atoms with van der Waals surface area (Å²) < 4.78 is 30.1. The number of carbonyl (C=O) groups is 1. The first kappa shape index (κ1) is 21.2. The number of pyridine rings is 1. The van der Waals surface area contributed by atoms with Gasteiger partial charge in [-0.15, -0.1) is 0 Å². The van der Waals surface area contributed by atoms with Gasteiger partial charge >= 0.3 is 0 Å². The van der Waals surface area contributed by atoms with E-state index in [4.69, 9.17) is 9.94 Å². The summed E-state index contributed by atoms with van der Waals surface area (Å²) in [6.45, 7) is 0.265. The molecule has 2 aromatic carbocycles. The molecule has 0 aliphatic carbocycles. The molecule has 7 nitrogen and oxygen atoms in total. The number of rotatable bonds is 5. The van der Waals surface area contributed by atoms with Crippen LogP contribution in [-0.4, -0.2) is 42.5 Å². The van der Waals surface area contributed by atoms with Crippen LogP contribution in [0.25, 0.3) is 22.4 Å². The summed E-state index contributed by atoms with van der Waals surface area (Å²) in [4.78, 5) is 16.7. The van der Waals surface area contributed by atoms with Crippen LogP contribution in [0.2, 0.25) is 0 Å². The lowest BCUT2D eigenvalue weighted by atomic mass is 9.98. The Kier molecular flexibility index (Phi) is 5.86. The normalized spacial score (nSPS) is 15.9. The van der Waals surface area contributed by atoms with Crippen LogP contribution in [0.1, 0.15) is 12.8 Å². The number of hydrogen-bond donors (Lipinski definition) is 2. The number of amides is 1. The zero-order valence-electron chi connectivity index (χ0n) is 16.7. The fourth-order valence-electron chi connectivity index (χ4n) is 3.84. The van der Waals surface area contributed by atoms with E-state index in [0.29, 0.717) is 0 Å². The van der Waals surface area contributed by atoms with Crippen molar-refractivity contribution in [3.8, 4) is 22.4 Å². The van der Waals surface area contributed by atoms with Crippen molar-refractivity contribution in [1.29, 1.82) is 0 Å². The molecule has 0 saturated carbocycles. The zero-order valence-corrected chi connectivity index (χ0v) is 17.5. The third-order valence-corrected chi connectivity index (χ3v) is 8.19. The van der Waals surface area contributed by atoms with Crippen molar-refractivity contribution in [2.24, 2.45) is 0 Å². The number of sulfone groups is 1. The average molecular weight is 439 g/mol. The number of benzene rings is 2. The summed E-state index contributed by atoms with van der Waals surface area (Å²) in [5, 5.41) is 9.15. The first-order chi connectivity index (χ1) is 15.0. The molecule has 8 heteroatoms. The Hall–Kier alpha value is -3.07. The molecule has 1 amide bonds. The zero-order chi connectivity index (χ0) is 21.9. The highest BCUT2D eigenvalue weighted by Crippen LogP contribution is 2.36. The van der Waals surface area contributed by atoms with Gasteiger partial charge in [-0.25, -0.2) is 13.9 Å². The summed E-state index contributed by atoms with van der Waals surface area (Å²) >= 11 is 0. The van der Waals surface area contributed by atoms with Crippen LogP contribution in [0.3, 0.4) is 0 Å². The van der Waals surface area contributed by atoms with Crippen molar-refractivity contribution in [2.75, 3.05) is 13.2 Å². The molecule has 1 aliphatic heterocycles. The van der Waals surface area contributed by atoms with Crippen LogP contribution in [0.5, 0.6) is 0 Å². The predicted molar refractivity (Wildman–Crippen MR) is 115 cm³/mol. The molecule has 160 valence electrons. The van der Waals surface area contributed by atoms with E-state index in [1.54, 1.807) is 18.3 Å². The first-order valence-corrected chi connectivity index (χ1v) is 11.4. The van der Waals surface area contributed by atoms with Gasteiger partial charge < -0.3 is 4.74 Å². The molecule has 2 heterocycles. The SMILES string of the molecule is O=C(NO)C1(S(=O)(=O)c2ccc(-c3ccc(-c4ccccn4)cc3)cc2)CCOCC1. The number of carbonyl (C=O) groups excluding carboxylic acids is 1. The highest BCUT2D eigenvalue weighted by Gasteiger charge is 2.52. The van der Waals surface area contributed by atoms with Crippen molar-refractivity contribution >= 4 is 15.7 Å². The quantitative estimate of drug-likeness (QED) is 0.468. The van der Waals surface area contributed by atoms with E-state index in [1.807, 2.05) is 42.5 Å². The van der Waals surface area contributed by atoms with Gasteiger partial charge in [0, 0.05) is 25.0 Å². The van der Waals surface area contributed by atoms with Gasteiger partial charge in [0.25, 0.3) is 5.91 Å². The highest BCUT2D eigenvalue weighted by atomic mass is 32.2. The summed E-state index contributed by atoms with van der Waals surface area (Å²) in [6, 6.07) is 20.0. The molecule has 2 N–H and O–H groups in total. The molecule has 0 bridgehead atoms. The number of nitrogens with zero attached hydrogens (tertiary/aromatic N) is 1. The standard InChI is InChI=1S/C23H22N2O5S/c26-22(25-27)23(12-15-30-16-13-23)31(28,29)20-10-8-18(9-11-20)17-4-6-19(7-5-17)21-3-1-2-14-24-21/h1-11,14,27H,12-13,15-16H2,(H,25,26). The molecule has 1 aromatic heterocycles. The minimum Gasteiger partial charge on any atom is -0.381 e. The Morgan fingerprint density at radius 1 is 0.903 bits per heavy atom. The molecule has 1 saturated heterocycles. The van der Waals surface area contributed by atoms with E-state index < -0.39 is 20.5 Å². The van der Waals surface area contributed by atoms with Gasteiger partial charge in [-0.2, -0.15) is 0 Å². The fourth-order valence-corrected chi connectivity index (χ4v) is 5.78. The maximum absolute atomic E-state index is 13.3. The lowest BCUT2D eigenvalue weighted by Crippen LogP contribution is -2.54. The Morgan fingerprint density at radius 3 is 2.03 bits per heavy atom. The van der Waals surface area contributed by atoms with E-state index in [1.165, 1.54) is 17.6 Å². The van der Waals surface area contributed by atoms with Gasteiger partial charge in [-0.1, -0.05) is 42.5 Å². The molecular weight excluding hydrogens is 416 g/mol. The van der Waals surface area contributed by atoms with Crippen LogP contribution >= 0.6 is 0 Å². The van der Waals surface area contributed by atoms with Crippen LogP contribution in [-0.2, 0) is 19.4 Å². The Balaban J connectivity index is 1.62. The molecule has 3 aromatic rings. The minimum absolute atomic E-state index is 0.0154. The lowest BCUT2D eigenvalue weighted by molar-refractivity contribution is -0.134. The van der Waals surface area contributed by atoms with E-state index in [2.05, 4.69) is 4.98 Å². The fraction of sp³-hybridized carbons (Fsp3) is 0.217. The molecule has 1 fully saturated rings. The Bertz CT molecular complexity index is 1150. The van der Waals surface area contributed by atoms with E-state index in [0.717, 1.165) is 22.4 Å². The van der Waals surface area contributed by atoms with Gasteiger partial charge in [-0.05, 0) is 48.2 Å². The second-order valence-electron chi connectivity index (χ2n) is 7.37. The summed E-state index contributed by atoms with van der Waals surface area (Å²) in [6.07, 6.45) is 1.71. The van der Waals surface area contributed by atoms with Gasteiger partial charge in [0.05, 0.1) is 10.6 Å². The van der Waals surface area contributed by atoms with Gasteiger partial charge in [0.1, 0.15) is 0 Å². The smallest absolute Gasteiger partial charge is 0.265 e. The number of aromatic nitrogens is 1. The number of hydrogen-bond acceptors (Lipinski definition) is 6. The van der Waals surface area contributed by atoms with Crippen LogP contribution < -0.4 is 5.48 Å². The summed E-state index contributed by atoms with van der Waals surface area (Å²) in [5.41, 5.74) is 5.16. The van der Waals surface area contributed by atoms with Crippen molar-refractivity contribution < 1.29 is 23.2 Å². The van der Waals surface area contributed by atoms with Crippen LogP contribution in [0.4, 0.5) is 0 Å². The van der Waals surface area contributed by atoms with Crippen LogP contribution in [0.15, 0.2) is 77.8 Å². The van der Waals surface area contributed by atoms with Crippen LogP contribution in [0, 0.1) is 0 Å². The molecule has 4 rings (SSSR count). The topological polar surface area (TPSA) is 106 Å². The highest BCUT2D eigenvalue weighted by molar-refractivity contribution is 7.93. The van der Waals surface area contributed by atoms with E-state index in [-0.39, 0.29) is 31.0 Å². The largest absolute Gasteiger partial charge is 0.381 e. The van der Waals surface area contributed by atoms with Crippen molar-refractivity contribution in [2.45, 2.75) is 22.5 Å². The number of ether oxygens (including phenoxy) is 1. The Morgan fingerprint density at radius 2 is 1.48 bits per heavy atom. The summed E-state index contributed by atoms with van der Waals surface area (Å²) in [5.74, 6) is -0.926. The maximum atomic E-state index is 13.3. The van der Waals surface area contributed by atoms with Crippen molar-refractivity contribution in [3.05, 3.63) is 72.9 Å². The molecular formula is C23H22N2O5S. The Labute approximate surface area is 180 Å². The summed E-state index contributed by atoms with van der Waals surface area (Å²) in [7, 11) is -4.04. The van der Waals surface area contributed by atoms with Crippen molar-refractivity contribution in [3.63, 3.8) is 0 Å². The van der Waals surface area contributed by atoms with Gasteiger partial charge in [0.2, 0.25) is 0 Å². The third kappa shape index (κ3) is 3.85. The monoisotopic (exact) mass is 438 g/mol. The number of hydroxylamine groups is 1. The molecule has 0 unspecified atom stereocenters. The second kappa shape index (κ2) is 8.58. The number of nitrogens with one attached hydrogen (secondary N) is 1. The minimum atomic E-state index is -4.04. The lowest BCUT2D eigenvalue weighted by Gasteiger charge is -2.34. The van der Waals surface area contributed by atoms with E-state index >= 15 is 0 Å². The molecule has 0 radical (unpaired) electrons. The van der Waals surface area contributed by atoms with Gasteiger partial charge in [0.15, 0.2) is 14.6 Å². The average Bonchev–Trinajstić information content (AvgIpc) is 2.84. The maximum Gasteiger partial charge on any atom is 0.265 e. The molecule has 31 heavy (non-hydrogen) atoms. The molecule has 0 atom stereocenters. The second-order valence-corrected chi connectivity index (χ2v) is 9.63. The van der Waals surface area contributed by atoms with Crippen molar-refractivity contribution in [1.82, 2.24) is 10.5 Å². The predicted octanol–water partition coefficient (Wildman–Crippen LogP) is 3.24. The van der Waals surface area contributed by atoms with Gasteiger partial charge in [-0.3, -0.25) is 15.0 Å². The molecule has 1 aliphatic rings. The van der Waals surface area contributed by atoms with E-state index in [9.17, 15) is 13.2 Å². The molecule has 0 spiro atoms.